The number of fused-ring (bicyclic) bond motifs is 1. The molecule has 1 aliphatic carbocycles. The molecule has 132 valence electrons. The zero-order valence-electron chi connectivity index (χ0n) is 14.7. The first-order chi connectivity index (χ1) is 12.6. The third-order valence-corrected chi connectivity index (χ3v) is 4.69. The van der Waals surface area contributed by atoms with Crippen LogP contribution in [0.3, 0.4) is 0 Å². The summed E-state index contributed by atoms with van der Waals surface area (Å²) in [5.74, 6) is 0. The van der Waals surface area contributed by atoms with Gasteiger partial charge in [0, 0.05) is 22.8 Å². The van der Waals surface area contributed by atoms with Gasteiger partial charge >= 0.3 is 6.03 Å². The molecule has 4 rings (SSSR count). The second kappa shape index (κ2) is 6.67. The molecule has 0 unspecified atom stereocenters. The van der Waals surface area contributed by atoms with E-state index in [0.717, 1.165) is 35.0 Å². The number of carbonyl (C=O) groups excluding carboxylic acids is 1. The van der Waals surface area contributed by atoms with Crippen LogP contribution in [0.5, 0.6) is 0 Å². The van der Waals surface area contributed by atoms with Crippen LogP contribution >= 0.6 is 0 Å². The first kappa shape index (κ1) is 16.4. The molecule has 0 saturated heterocycles. The normalized spacial score (nSPS) is 13.6. The van der Waals surface area contributed by atoms with Gasteiger partial charge in [0.2, 0.25) is 0 Å². The molecule has 0 aliphatic heterocycles. The van der Waals surface area contributed by atoms with Crippen LogP contribution in [-0.4, -0.2) is 22.0 Å². The van der Waals surface area contributed by atoms with Gasteiger partial charge < -0.3 is 15.2 Å². The Balaban J connectivity index is 1.60. The summed E-state index contributed by atoms with van der Waals surface area (Å²) < 4.78 is 0. The highest BCUT2D eigenvalue weighted by Gasteiger charge is 2.33. The molecule has 2 aromatic carbocycles. The van der Waals surface area contributed by atoms with Crippen LogP contribution in [0, 0.1) is 6.92 Å². The molecule has 0 spiro atoms. The van der Waals surface area contributed by atoms with E-state index in [1.54, 1.807) is 4.90 Å². The van der Waals surface area contributed by atoms with Gasteiger partial charge in [-0.1, -0.05) is 29.8 Å². The summed E-state index contributed by atoms with van der Waals surface area (Å²) in [4.78, 5) is 29.9. The van der Waals surface area contributed by atoms with Gasteiger partial charge in [-0.25, -0.2) is 4.79 Å². The summed E-state index contributed by atoms with van der Waals surface area (Å²) in [5, 5.41) is 3.91. The molecular weight excluding hydrogens is 326 g/mol. The van der Waals surface area contributed by atoms with Gasteiger partial charge in [-0.3, -0.25) is 4.79 Å². The number of hydrogen-bond acceptors (Lipinski definition) is 2. The van der Waals surface area contributed by atoms with Gasteiger partial charge in [0.25, 0.3) is 5.56 Å². The molecule has 2 amide bonds. The van der Waals surface area contributed by atoms with E-state index in [-0.39, 0.29) is 17.6 Å². The Morgan fingerprint density at radius 2 is 1.92 bits per heavy atom. The molecule has 5 heteroatoms. The van der Waals surface area contributed by atoms with Gasteiger partial charge in [0.1, 0.15) is 0 Å². The third kappa shape index (κ3) is 3.47. The maximum atomic E-state index is 12.7. The molecule has 3 aromatic rings. The predicted octanol–water partition coefficient (Wildman–Crippen LogP) is 4.03. The number of H-pyrrole nitrogens is 1. The SMILES string of the molecule is Cc1ccc2[nH]c(=O)c(CN(C(=O)Nc3ccccc3)C3CC3)cc2c1. The minimum Gasteiger partial charge on any atom is -0.322 e. The highest BCUT2D eigenvalue weighted by atomic mass is 16.2. The molecule has 1 aromatic heterocycles. The van der Waals surface area contributed by atoms with E-state index in [1.807, 2.05) is 61.5 Å². The summed E-state index contributed by atoms with van der Waals surface area (Å²) in [6.45, 7) is 2.33. The van der Waals surface area contributed by atoms with Crippen molar-refractivity contribution >= 4 is 22.6 Å². The van der Waals surface area contributed by atoms with E-state index in [2.05, 4.69) is 10.3 Å². The average molecular weight is 347 g/mol. The minimum absolute atomic E-state index is 0.139. The maximum Gasteiger partial charge on any atom is 0.322 e. The van der Waals surface area contributed by atoms with Gasteiger partial charge in [0.05, 0.1) is 6.54 Å². The first-order valence-electron chi connectivity index (χ1n) is 8.85. The summed E-state index contributed by atoms with van der Waals surface area (Å²) in [6, 6.07) is 17.2. The Kier molecular flexibility index (Phi) is 4.21. The number of urea groups is 1. The number of nitrogens with zero attached hydrogens (tertiary/aromatic N) is 1. The zero-order chi connectivity index (χ0) is 18.1. The Morgan fingerprint density at radius 3 is 2.65 bits per heavy atom. The molecule has 1 heterocycles. The van der Waals surface area contributed by atoms with E-state index in [1.165, 1.54) is 0 Å². The smallest absolute Gasteiger partial charge is 0.322 e. The Hall–Kier alpha value is -3.08. The Bertz CT molecular complexity index is 1010. The number of hydrogen-bond donors (Lipinski definition) is 2. The van der Waals surface area contributed by atoms with Crippen molar-refractivity contribution in [2.24, 2.45) is 0 Å². The van der Waals surface area contributed by atoms with E-state index < -0.39 is 0 Å². The second-order valence-corrected chi connectivity index (χ2v) is 6.87. The molecule has 1 aliphatic rings. The number of para-hydroxylation sites is 1. The number of amides is 2. The fourth-order valence-corrected chi connectivity index (χ4v) is 3.14. The number of pyridine rings is 1. The molecular formula is C21H21N3O2. The summed E-state index contributed by atoms with van der Waals surface area (Å²) >= 11 is 0. The minimum atomic E-state index is -0.164. The van der Waals surface area contributed by atoms with Gasteiger partial charge in [0.15, 0.2) is 0 Å². The van der Waals surface area contributed by atoms with E-state index >= 15 is 0 Å². The Morgan fingerprint density at radius 1 is 1.15 bits per heavy atom. The lowest BCUT2D eigenvalue weighted by atomic mass is 10.1. The van der Waals surface area contributed by atoms with Crippen molar-refractivity contribution in [1.82, 2.24) is 9.88 Å². The number of nitrogens with one attached hydrogen (secondary N) is 2. The summed E-state index contributed by atoms with van der Waals surface area (Å²) in [6.07, 6.45) is 1.96. The van der Waals surface area contributed by atoms with Crippen molar-refractivity contribution in [1.29, 1.82) is 0 Å². The summed E-state index contributed by atoms with van der Waals surface area (Å²) in [7, 11) is 0. The van der Waals surface area contributed by atoms with E-state index in [9.17, 15) is 9.59 Å². The number of benzene rings is 2. The molecule has 26 heavy (non-hydrogen) atoms. The lowest BCUT2D eigenvalue weighted by Gasteiger charge is -2.23. The van der Waals surface area contributed by atoms with Crippen LogP contribution in [-0.2, 0) is 6.54 Å². The van der Waals surface area contributed by atoms with Gasteiger partial charge in [-0.15, -0.1) is 0 Å². The van der Waals surface area contributed by atoms with E-state index in [4.69, 9.17) is 0 Å². The fourth-order valence-electron chi connectivity index (χ4n) is 3.14. The number of rotatable bonds is 4. The van der Waals surface area contributed by atoms with Crippen LogP contribution in [0.15, 0.2) is 59.4 Å². The average Bonchev–Trinajstić information content (AvgIpc) is 3.46. The quantitative estimate of drug-likeness (QED) is 0.748. The standard InChI is InChI=1S/C21H21N3O2/c1-14-7-10-19-15(11-14)12-16(20(25)23-19)13-24(18-8-9-18)21(26)22-17-5-3-2-4-6-17/h2-7,10-12,18H,8-9,13H2,1H3,(H,22,26)(H,23,25). The third-order valence-electron chi connectivity index (χ3n) is 4.69. The van der Waals surface area contributed by atoms with Crippen LogP contribution in [0.4, 0.5) is 10.5 Å². The maximum absolute atomic E-state index is 12.7. The largest absolute Gasteiger partial charge is 0.322 e. The molecule has 1 saturated carbocycles. The van der Waals surface area contributed by atoms with E-state index in [0.29, 0.717) is 12.1 Å². The number of aromatic nitrogens is 1. The van der Waals surface area contributed by atoms with Crippen molar-refractivity contribution < 1.29 is 4.79 Å². The molecule has 0 radical (unpaired) electrons. The highest BCUT2D eigenvalue weighted by molar-refractivity contribution is 5.89. The lowest BCUT2D eigenvalue weighted by molar-refractivity contribution is 0.206. The number of carbonyl (C=O) groups is 1. The van der Waals surface area contributed by atoms with Gasteiger partial charge in [-0.2, -0.15) is 0 Å². The van der Waals surface area contributed by atoms with Crippen molar-refractivity contribution in [2.75, 3.05) is 5.32 Å². The first-order valence-corrected chi connectivity index (χ1v) is 8.85. The monoisotopic (exact) mass is 347 g/mol. The molecule has 1 fully saturated rings. The van der Waals surface area contributed by atoms with Crippen LogP contribution < -0.4 is 10.9 Å². The molecule has 0 atom stereocenters. The molecule has 5 nitrogen and oxygen atoms in total. The lowest BCUT2D eigenvalue weighted by Crippen LogP contribution is -2.37. The second-order valence-electron chi connectivity index (χ2n) is 6.87. The van der Waals surface area contributed by atoms with Gasteiger partial charge in [-0.05, 0) is 55.5 Å². The highest BCUT2D eigenvalue weighted by Crippen LogP contribution is 2.29. The molecule has 0 bridgehead atoms. The van der Waals surface area contributed by atoms with Crippen LogP contribution in [0.1, 0.15) is 24.0 Å². The number of anilines is 1. The summed E-state index contributed by atoms with van der Waals surface area (Å²) in [5.41, 5.74) is 3.18. The number of aromatic amines is 1. The Labute approximate surface area is 151 Å². The van der Waals surface area contributed by atoms with Crippen molar-refractivity contribution in [3.05, 3.63) is 76.1 Å². The molecule has 2 N–H and O–H groups in total. The topological polar surface area (TPSA) is 65.2 Å². The van der Waals surface area contributed by atoms with Crippen LogP contribution in [0.2, 0.25) is 0 Å². The van der Waals surface area contributed by atoms with Crippen molar-refractivity contribution in [3.63, 3.8) is 0 Å². The number of aryl methyl sites for hydroxylation is 1. The van der Waals surface area contributed by atoms with Crippen molar-refractivity contribution in [3.8, 4) is 0 Å². The fraction of sp³-hybridized carbons (Fsp3) is 0.238. The van der Waals surface area contributed by atoms with Crippen molar-refractivity contribution in [2.45, 2.75) is 32.4 Å². The zero-order valence-corrected chi connectivity index (χ0v) is 14.7. The predicted molar refractivity (Wildman–Crippen MR) is 103 cm³/mol. The van der Waals surface area contributed by atoms with Crippen LogP contribution in [0.25, 0.3) is 10.9 Å².